The summed E-state index contributed by atoms with van der Waals surface area (Å²) in [6.07, 6.45) is 2.34. The number of anilines is 1. The Morgan fingerprint density at radius 1 is 1.17 bits per heavy atom. The van der Waals surface area contributed by atoms with Crippen LogP contribution in [0.4, 0.5) is 5.69 Å². The first-order valence-electron chi connectivity index (χ1n) is 7.28. The average Bonchev–Trinajstić information content (AvgIpc) is 2.92. The third-order valence-corrected chi connectivity index (χ3v) is 4.52. The third kappa shape index (κ3) is 3.35. The van der Waals surface area contributed by atoms with E-state index >= 15 is 0 Å². The summed E-state index contributed by atoms with van der Waals surface area (Å²) < 4.78 is 5.11. The fraction of sp³-hybridized carbons (Fsp3) is 0.167. The van der Waals surface area contributed by atoms with Gasteiger partial charge in [-0.1, -0.05) is 18.2 Å². The van der Waals surface area contributed by atoms with E-state index in [1.807, 2.05) is 48.7 Å². The molecule has 2 N–H and O–H groups in total. The Kier molecular flexibility index (Phi) is 4.57. The summed E-state index contributed by atoms with van der Waals surface area (Å²) in [5.74, 6) is 0.723. The van der Waals surface area contributed by atoms with E-state index in [9.17, 15) is 4.79 Å². The van der Waals surface area contributed by atoms with Crippen LogP contribution in [0.15, 0.2) is 53.4 Å². The maximum Gasteiger partial charge on any atom is 0.230 e. The van der Waals surface area contributed by atoms with E-state index in [1.54, 1.807) is 18.9 Å². The van der Waals surface area contributed by atoms with Crippen molar-refractivity contribution in [2.45, 2.75) is 11.3 Å². The molecular weight excluding hydrogens is 308 g/mol. The molecule has 1 aromatic heterocycles. The fourth-order valence-electron chi connectivity index (χ4n) is 2.57. The molecule has 23 heavy (non-hydrogen) atoms. The van der Waals surface area contributed by atoms with Crippen LogP contribution in [0.25, 0.3) is 10.9 Å². The molecule has 0 aliphatic rings. The number of carbonyl (C=O) groups excluding carboxylic acids is 1. The van der Waals surface area contributed by atoms with Crippen molar-refractivity contribution in [3.8, 4) is 5.75 Å². The molecule has 0 spiro atoms. The summed E-state index contributed by atoms with van der Waals surface area (Å²) in [7, 11) is 1.62. The number of thioether (sulfide) groups is 1. The number of nitrogens with one attached hydrogen (secondary N) is 2. The van der Waals surface area contributed by atoms with E-state index in [0.29, 0.717) is 6.42 Å². The Bertz CT molecular complexity index is 825. The molecule has 3 rings (SSSR count). The number of amides is 1. The van der Waals surface area contributed by atoms with Gasteiger partial charge in [-0.25, -0.2) is 0 Å². The van der Waals surface area contributed by atoms with Gasteiger partial charge in [0.25, 0.3) is 0 Å². The first kappa shape index (κ1) is 15.5. The summed E-state index contributed by atoms with van der Waals surface area (Å²) in [5.41, 5.74) is 2.77. The van der Waals surface area contributed by atoms with Crippen molar-refractivity contribution in [3.05, 3.63) is 54.2 Å². The van der Waals surface area contributed by atoms with Gasteiger partial charge < -0.3 is 15.0 Å². The normalized spacial score (nSPS) is 10.7. The molecule has 0 aliphatic carbocycles. The molecule has 1 amide bonds. The van der Waals surface area contributed by atoms with Crippen LogP contribution in [0.1, 0.15) is 5.69 Å². The number of carbonyl (C=O) groups is 1. The zero-order valence-corrected chi connectivity index (χ0v) is 13.9. The van der Waals surface area contributed by atoms with Crippen LogP contribution in [-0.4, -0.2) is 24.3 Å². The highest BCUT2D eigenvalue weighted by atomic mass is 32.2. The minimum atomic E-state index is -0.0444. The molecule has 118 valence electrons. The SMILES string of the molecule is COc1ccc(NC(=O)Cc2[nH]c3ccccc3c2SC)cc1. The lowest BCUT2D eigenvalue weighted by atomic mass is 10.2. The third-order valence-electron chi connectivity index (χ3n) is 3.65. The summed E-state index contributed by atoms with van der Waals surface area (Å²) in [6.45, 7) is 0. The number of ether oxygens (including phenoxy) is 1. The lowest BCUT2D eigenvalue weighted by Crippen LogP contribution is -2.14. The predicted molar refractivity (Wildman–Crippen MR) is 95.4 cm³/mol. The second-order valence-corrected chi connectivity index (χ2v) is 5.95. The predicted octanol–water partition coefficient (Wildman–Crippen LogP) is 4.08. The van der Waals surface area contributed by atoms with Gasteiger partial charge in [0.2, 0.25) is 5.91 Å². The molecule has 0 saturated heterocycles. The monoisotopic (exact) mass is 326 g/mol. The van der Waals surface area contributed by atoms with Gasteiger partial charge in [0.1, 0.15) is 5.75 Å². The van der Waals surface area contributed by atoms with E-state index in [-0.39, 0.29) is 5.91 Å². The van der Waals surface area contributed by atoms with E-state index in [1.165, 1.54) is 0 Å². The van der Waals surface area contributed by atoms with Gasteiger partial charge in [-0.15, -0.1) is 11.8 Å². The van der Waals surface area contributed by atoms with E-state index in [4.69, 9.17) is 4.74 Å². The lowest BCUT2D eigenvalue weighted by molar-refractivity contribution is -0.115. The highest BCUT2D eigenvalue weighted by Gasteiger charge is 2.13. The summed E-state index contributed by atoms with van der Waals surface area (Å²) in [5, 5.41) is 4.07. The molecular formula is C18H18N2O2S. The molecule has 0 aliphatic heterocycles. The molecule has 0 unspecified atom stereocenters. The number of para-hydroxylation sites is 1. The Morgan fingerprint density at radius 3 is 2.61 bits per heavy atom. The number of methoxy groups -OCH3 is 1. The molecule has 0 radical (unpaired) electrons. The lowest BCUT2D eigenvalue weighted by Gasteiger charge is -2.06. The summed E-state index contributed by atoms with van der Waals surface area (Å²) in [6, 6.07) is 15.4. The van der Waals surface area contributed by atoms with Crippen molar-refractivity contribution >= 4 is 34.3 Å². The van der Waals surface area contributed by atoms with E-state index < -0.39 is 0 Å². The van der Waals surface area contributed by atoms with Crippen LogP contribution in [0.5, 0.6) is 5.75 Å². The first-order chi connectivity index (χ1) is 11.2. The van der Waals surface area contributed by atoms with Crippen molar-refractivity contribution in [3.63, 3.8) is 0 Å². The maximum absolute atomic E-state index is 12.3. The zero-order valence-electron chi connectivity index (χ0n) is 13.1. The minimum Gasteiger partial charge on any atom is -0.497 e. The molecule has 0 bridgehead atoms. The zero-order chi connectivity index (χ0) is 16.2. The number of H-pyrrole nitrogens is 1. The minimum absolute atomic E-state index is 0.0444. The van der Waals surface area contributed by atoms with Crippen molar-refractivity contribution in [2.24, 2.45) is 0 Å². The first-order valence-corrected chi connectivity index (χ1v) is 8.51. The molecule has 2 aromatic carbocycles. The Hall–Kier alpha value is -2.40. The molecule has 0 atom stereocenters. The second-order valence-electron chi connectivity index (χ2n) is 5.14. The smallest absolute Gasteiger partial charge is 0.230 e. The number of hydrogen-bond donors (Lipinski definition) is 2. The van der Waals surface area contributed by atoms with Crippen molar-refractivity contribution in [2.75, 3.05) is 18.7 Å². The van der Waals surface area contributed by atoms with Crippen LogP contribution < -0.4 is 10.1 Å². The van der Waals surface area contributed by atoms with Gasteiger partial charge in [-0.3, -0.25) is 4.79 Å². The Labute approximate surface area is 139 Å². The fourth-order valence-corrected chi connectivity index (χ4v) is 3.34. The van der Waals surface area contributed by atoms with Gasteiger partial charge in [-0.2, -0.15) is 0 Å². The van der Waals surface area contributed by atoms with Crippen LogP contribution in [0.3, 0.4) is 0 Å². The van der Waals surface area contributed by atoms with Crippen molar-refractivity contribution in [1.29, 1.82) is 0 Å². The van der Waals surface area contributed by atoms with Gasteiger partial charge in [0.05, 0.1) is 13.5 Å². The van der Waals surface area contributed by atoms with E-state index in [0.717, 1.165) is 32.9 Å². The maximum atomic E-state index is 12.3. The van der Waals surface area contributed by atoms with Gasteiger partial charge in [0.15, 0.2) is 0 Å². The van der Waals surface area contributed by atoms with Crippen LogP contribution in [0.2, 0.25) is 0 Å². The molecule has 1 heterocycles. The molecule has 0 fully saturated rings. The van der Waals surface area contributed by atoms with Crippen LogP contribution in [-0.2, 0) is 11.2 Å². The largest absolute Gasteiger partial charge is 0.497 e. The summed E-state index contributed by atoms with van der Waals surface area (Å²) >= 11 is 1.66. The van der Waals surface area contributed by atoms with Crippen molar-refractivity contribution < 1.29 is 9.53 Å². The number of rotatable bonds is 5. The molecule has 5 heteroatoms. The van der Waals surface area contributed by atoms with Crippen LogP contribution >= 0.6 is 11.8 Å². The van der Waals surface area contributed by atoms with E-state index in [2.05, 4.69) is 16.4 Å². The van der Waals surface area contributed by atoms with Gasteiger partial charge >= 0.3 is 0 Å². The van der Waals surface area contributed by atoms with Crippen molar-refractivity contribution in [1.82, 2.24) is 4.98 Å². The number of benzene rings is 2. The summed E-state index contributed by atoms with van der Waals surface area (Å²) in [4.78, 5) is 16.8. The highest BCUT2D eigenvalue weighted by Crippen LogP contribution is 2.30. The molecule has 3 aromatic rings. The topological polar surface area (TPSA) is 54.1 Å². The number of hydrogen-bond acceptors (Lipinski definition) is 3. The molecule has 0 saturated carbocycles. The number of fused-ring (bicyclic) bond motifs is 1. The number of aromatic amines is 1. The Balaban J connectivity index is 1.77. The highest BCUT2D eigenvalue weighted by molar-refractivity contribution is 7.98. The van der Waals surface area contributed by atoms with Gasteiger partial charge in [-0.05, 0) is 36.6 Å². The standard InChI is InChI=1S/C18H18N2O2S/c1-22-13-9-7-12(8-10-13)19-17(21)11-16-18(23-2)14-5-3-4-6-15(14)20-16/h3-10,20H,11H2,1-2H3,(H,19,21). The Morgan fingerprint density at radius 2 is 1.91 bits per heavy atom. The quantitative estimate of drug-likeness (QED) is 0.695. The molecule has 4 nitrogen and oxygen atoms in total. The van der Waals surface area contributed by atoms with Crippen LogP contribution in [0, 0.1) is 0 Å². The van der Waals surface area contributed by atoms with Gasteiger partial charge in [0, 0.05) is 27.2 Å². The average molecular weight is 326 g/mol. The number of aromatic nitrogens is 1. The second kappa shape index (κ2) is 6.79.